The quantitative estimate of drug-likeness (QED) is 0.835. The van der Waals surface area contributed by atoms with Crippen molar-refractivity contribution in [1.82, 2.24) is 4.90 Å². The zero-order valence-electron chi connectivity index (χ0n) is 15.1. The van der Waals surface area contributed by atoms with Gasteiger partial charge in [-0.3, -0.25) is 9.59 Å². The van der Waals surface area contributed by atoms with Crippen molar-refractivity contribution < 1.29 is 19.5 Å². The highest BCUT2D eigenvalue weighted by Crippen LogP contribution is 2.17. The Morgan fingerprint density at radius 1 is 1.04 bits per heavy atom. The molecule has 2 aromatic carbocycles. The van der Waals surface area contributed by atoms with Gasteiger partial charge in [-0.2, -0.15) is 0 Å². The fraction of sp³-hybridized carbons (Fsp3) is 0.250. The first-order chi connectivity index (χ1) is 12.3. The lowest BCUT2D eigenvalue weighted by molar-refractivity contribution is -0.132. The SMILES string of the molecule is Cc1cccc(NC(=O)CN(C)C(=O)Cc2ccc(C(=O)O)cc2)c1C. The zero-order chi connectivity index (χ0) is 19.3. The number of carbonyl (C=O) groups excluding carboxylic acids is 2. The van der Waals surface area contributed by atoms with Crippen LogP contribution in [-0.4, -0.2) is 41.4 Å². The van der Waals surface area contributed by atoms with Gasteiger partial charge in [0.2, 0.25) is 11.8 Å². The van der Waals surface area contributed by atoms with Gasteiger partial charge in [0.1, 0.15) is 0 Å². The van der Waals surface area contributed by atoms with Crippen molar-refractivity contribution in [2.45, 2.75) is 20.3 Å². The minimum Gasteiger partial charge on any atom is -0.478 e. The van der Waals surface area contributed by atoms with Gasteiger partial charge in [-0.15, -0.1) is 0 Å². The summed E-state index contributed by atoms with van der Waals surface area (Å²) >= 11 is 0. The average Bonchev–Trinajstić information content (AvgIpc) is 2.59. The fourth-order valence-corrected chi connectivity index (χ4v) is 2.45. The molecule has 6 heteroatoms. The summed E-state index contributed by atoms with van der Waals surface area (Å²) < 4.78 is 0. The molecule has 26 heavy (non-hydrogen) atoms. The number of aryl methyl sites for hydroxylation is 1. The summed E-state index contributed by atoms with van der Waals surface area (Å²) in [5.41, 5.74) is 3.68. The van der Waals surface area contributed by atoms with Crippen molar-refractivity contribution in [3.05, 3.63) is 64.7 Å². The summed E-state index contributed by atoms with van der Waals surface area (Å²) in [5.74, 6) is -1.50. The fourth-order valence-electron chi connectivity index (χ4n) is 2.45. The van der Waals surface area contributed by atoms with Gasteiger partial charge in [0.15, 0.2) is 0 Å². The topological polar surface area (TPSA) is 86.7 Å². The van der Waals surface area contributed by atoms with Crippen LogP contribution in [0.15, 0.2) is 42.5 Å². The normalized spacial score (nSPS) is 10.3. The lowest BCUT2D eigenvalue weighted by Gasteiger charge is -2.18. The van der Waals surface area contributed by atoms with Crippen molar-refractivity contribution in [1.29, 1.82) is 0 Å². The smallest absolute Gasteiger partial charge is 0.335 e. The van der Waals surface area contributed by atoms with Gasteiger partial charge in [-0.05, 0) is 48.7 Å². The summed E-state index contributed by atoms with van der Waals surface area (Å²) in [5, 5.41) is 11.7. The molecule has 0 fully saturated rings. The molecule has 0 unspecified atom stereocenters. The van der Waals surface area contributed by atoms with E-state index in [4.69, 9.17) is 5.11 Å². The standard InChI is InChI=1S/C20H22N2O4/c1-13-5-4-6-17(14(13)2)21-18(23)12-22(3)19(24)11-15-7-9-16(10-8-15)20(25)26/h4-10H,11-12H2,1-3H3,(H,21,23)(H,25,26). The van der Waals surface area contributed by atoms with Gasteiger partial charge in [0.05, 0.1) is 18.5 Å². The van der Waals surface area contributed by atoms with Crippen LogP contribution in [0.5, 0.6) is 0 Å². The van der Waals surface area contributed by atoms with E-state index in [1.165, 1.54) is 17.0 Å². The molecule has 0 atom stereocenters. The molecule has 0 aliphatic carbocycles. The number of carboxylic acids is 1. The van der Waals surface area contributed by atoms with Crippen LogP contribution in [0.1, 0.15) is 27.0 Å². The number of hydrogen-bond acceptors (Lipinski definition) is 3. The Kier molecular flexibility index (Phi) is 6.11. The number of anilines is 1. The van der Waals surface area contributed by atoms with E-state index in [9.17, 15) is 14.4 Å². The molecule has 0 radical (unpaired) electrons. The Bertz CT molecular complexity index is 828. The molecule has 2 aromatic rings. The van der Waals surface area contributed by atoms with Crippen LogP contribution in [-0.2, 0) is 16.0 Å². The third-order valence-electron chi connectivity index (χ3n) is 4.24. The molecule has 0 aliphatic heterocycles. The number of nitrogens with zero attached hydrogens (tertiary/aromatic N) is 1. The van der Waals surface area contributed by atoms with Crippen LogP contribution in [0.2, 0.25) is 0 Å². The van der Waals surface area contributed by atoms with Crippen LogP contribution in [0.3, 0.4) is 0 Å². The zero-order valence-corrected chi connectivity index (χ0v) is 15.1. The molecular weight excluding hydrogens is 332 g/mol. The Balaban J connectivity index is 1.92. The van der Waals surface area contributed by atoms with E-state index < -0.39 is 5.97 Å². The highest BCUT2D eigenvalue weighted by Gasteiger charge is 2.15. The molecule has 136 valence electrons. The summed E-state index contributed by atoms with van der Waals surface area (Å²) in [6.45, 7) is 3.84. The first-order valence-corrected chi connectivity index (χ1v) is 8.20. The predicted octanol–water partition coefficient (Wildman–Crippen LogP) is 2.64. The van der Waals surface area contributed by atoms with E-state index >= 15 is 0 Å². The van der Waals surface area contributed by atoms with Gasteiger partial charge in [-0.1, -0.05) is 24.3 Å². The van der Waals surface area contributed by atoms with Crippen molar-refractivity contribution in [2.75, 3.05) is 18.9 Å². The third kappa shape index (κ3) is 4.92. The summed E-state index contributed by atoms with van der Waals surface area (Å²) in [6, 6.07) is 11.8. The van der Waals surface area contributed by atoms with Crippen molar-refractivity contribution >= 4 is 23.5 Å². The first kappa shape index (κ1) is 19.2. The van der Waals surface area contributed by atoms with Gasteiger partial charge < -0.3 is 15.3 Å². The van der Waals surface area contributed by atoms with Crippen molar-refractivity contribution in [3.63, 3.8) is 0 Å². The van der Waals surface area contributed by atoms with Crippen LogP contribution < -0.4 is 5.32 Å². The lowest BCUT2D eigenvalue weighted by atomic mass is 10.1. The number of carbonyl (C=O) groups is 3. The van der Waals surface area contributed by atoms with E-state index in [1.54, 1.807) is 19.2 Å². The van der Waals surface area contributed by atoms with E-state index in [-0.39, 0.29) is 30.3 Å². The number of aromatic carboxylic acids is 1. The molecule has 0 saturated carbocycles. The van der Waals surface area contributed by atoms with Crippen LogP contribution in [0.25, 0.3) is 0 Å². The highest BCUT2D eigenvalue weighted by atomic mass is 16.4. The van der Waals surface area contributed by atoms with Gasteiger partial charge >= 0.3 is 5.97 Å². The van der Waals surface area contributed by atoms with Crippen molar-refractivity contribution in [2.24, 2.45) is 0 Å². The molecule has 2 amide bonds. The van der Waals surface area contributed by atoms with Gasteiger partial charge in [0, 0.05) is 12.7 Å². The molecule has 0 spiro atoms. The summed E-state index contributed by atoms with van der Waals surface area (Å²) in [6.07, 6.45) is 0.104. The molecule has 0 bridgehead atoms. The number of amides is 2. The molecular formula is C20H22N2O4. The van der Waals surface area contributed by atoms with E-state index in [2.05, 4.69) is 5.32 Å². The number of rotatable bonds is 6. The number of hydrogen-bond donors (Lipinski definition) is 2. The largest absolute Gasteiger partial charge is 0.478 e. The number of carboxylic acid groups (broad SMARTS) is 1. The molecule has 2 N–H and O–H groups in total. The van der Waals surface area contributed by atoms with E-state index in [0.29, 0.717) is 5.56 Å². The third-order valence-corrected chi connectivity index (χ3v) is 4.24. The molecule has 0 saturated heterocycles. The lowest BCUT2D eigenvalue weighted by Crippen LogP contribution is -2.35. The summed E-state index contributed by atoms with van der Waals surface area (Å²) in [4.78, 5) is 36.7. The second kappa shape index (κ2) is 8.29. The van der Waals surface area contributed by atoms with Crippen LogP contribution in [0.4, 0.5) is 5.69 Å². The van der Waals surface area contributed by atoms with E-state index in [1.807, 2.05) is 32.0 Å². The van der Waals surface area contributed by atoms with Crippen LogP contribution in [0, 0.1) is 13.8 Å². The molecule has 2 rings (SSSR count). The number of benzene rings is 2. The first-order valence-electron chi connectivity index (χ1n) is 8.20. The number of nitrogens with one attached hydrogen (secondary N) is 1. The molecule has 0 heterocycles. The molecule has 0 aliphatic rings. The van der Waals surface area contributed by atoms with Crippen LogP contribution >= 0.6 is 0 Å². The minimum atomic E-state index is -1.01. The second-order valence-electron chi connectivity index (χ2n) is 6.22. The molecule has 6 nitrogen and oxygen atoms in total. The summed E-state index contributed by atoms with van der Waals surface area (Å²) in [7, 11) is 1.57. The Labute approximate surface area is 152 Å². The number of likely N-dealkylation sites (N-methyl/N-ethyl adjacent to an activating group) is 1. The maximum Gasteiger partial charge on any atom is 0.335 e. The maximum absolute atomic E-state index is 12.3. The highest BCUT2D eigenvalue weighted by molar-refractivity contribution is 5.95. The Morgan fingerprint density at radius 2 is 1.69 bits per heavy atom. The Morgan fingerprint density at radius 3 is 2.31 bits per heavy atom. The van der Waals surface area contributed by atoms with Gasteiger partial charge in [0.25, 0.3) is 0 Å². The van der Waals surface area contributed by atoms with Gasteiger partial charge in [-0.25, -0.2) is 4.79 Å². The van der Waals surface area contributed by atoms with Crippen molar-refractivity contribution in [3.8, 4) is 0 Å². The maximum atomic E-state index is 12.3. The van der Waals surface area contributed by atoms with E-state index in [0.717, 1.165) is 16.8 Å². The minimum absolute atomic E-state index is 0.0561. The average molecular weight is 354 g/mol. The molecule has 0 aromatic heterocycles. The predicted molar refractivity (Wildman–Crippen MR) is 99.3 cm³/mol. The Hall–Kier alpha value is -3.15. The monoisotopic (exact) mass is 354 g/mol. The second-order valence-corrected chi connectivity index (χ2v) is 6.22.